The molecule has 108 valence electrons. The molecule has 2 heterocycles. The van der Waals surface area contributed by atoms with E-state index < -0.39 is 23.1 Å². The van der Waals surface area contributed by atoms with Crippen LogP contribution in [0.4, 0.5) is 13.2 Å². The van der Waals surface area contributed by atoms with Crippen molar-refractivity contribution < 1.29 is 13.2 Å². The summed E-state index contributed by atoms with van der Waals surface area (Å²) in [4.78, 5) is 11.5. The number of fused-ring (bicyclic) bond motifs is 1. The van der Waals surface area contributed by atoms with Crippen LogP contribution in [-0.4, -0.2) is 19.8 Å². The van der Waals surface area contributed by atoms with E-state index in [9.17, 15) is 18.0 Å². The highest BCUT2D eigenvalue weighted by Crippen LogP contribution is 2.33. The molecule has 0 saturated carbocycles. The first-order valence-corrected chi connectivity index (χ1v) is 6.47. The largest absolute Gasteiger partial charge is 0.420 e. The van der Waals surface area contributed by atoms with E-state index in [2.05, 4.69) is 26.1 Å². The summed E-state index contributed by atoms with van der Waals surface area (Å²) in [6.45, 7) is 0. The van der Waals surface area contributed by atoms with Crippen LogP contribution < -0.4 is 5.69 Å². The molecule has 21 heavy (non-hydrogen) atoms. The highest BCUT2D eigenvalue weighted by Gasteiger charge is 2.35. The smallest absolute Gasteiger partial charge is 0.244 e. The number of alkyl halides is 3. The lowest BCUT2D eigenvalue weighted by molar-refractivity contribution is -0.136. The van der Waals surface area contributed by atoms with E-state index >= 15 is 0 Å². The second kappa shape index (κ2) is 4.69. The molecule has 0 unspecified atom stereocenters. The third kappa shape index (κ3) is 2.44. The molecule has 0 aliphatic rings. The minimum Gasteiger partial charge on any atom is -0.244 e. The van der Waals surface area contributed by atoms with Gasteiger partial charge in [-0.15, -0.1) is 0 Å². The molecule has 9 heteroatoms. The number of aromatic amines is 1. The van der Waals surface area contributed by atoms with E-state index in [1.54, 1.807) is 24.3 Å². The number of rotatable bonds is 1. The maximum Gasteiger partial charge on any atom is 0.420 e. The monoisotopic (exact) mass is 358 g/mol. The van der Waals surface area contributed by atoms with Crippen LogP contribution in [-0.2, 0) is 6.18 Å². The summed E-state index contributed by atoms with van der Waals surface area (Å²) in [5.74, 6) is 0. The molecule has 1 aromatic carbocycles. The molecule has 0 fully saturated rings. The first kappa shape index (κ1) is 13.8. The van der Waals surface area contributed by atoms with Crippen LogP contribution in [0.2, 0.25) is 0 Å². The van der Waals surface area contributed by atoms with Crippen molar-refractivity contribution in [3.63, 3.8) is 0 Å². The molecule has 3 aromatic rings. The Labute approximate surface area is 123 Å². The van der Waals surface area contributed by atoms with Crippen LogP contribution in [0.15, 0.2) is 39.6 Å². The van der Waals surface area contributed by atoms with Crippen LogP contribution in [0.1, 0.15) is 5.56 Å². The van der Waals surface area contributed by atoms with Gasteiger partial charge in [0, 0.05) is 10.0 Å². The standard InChI is InChI=1S/C12H6BrF3N4O/c13-7-3-1-6(2-4-7)9-5-8(12(14,15)16)10-17-18-11(21)20(10)19-9/h1-5H,(H,18,21). The van der Waals surface area contributed by atoms with E-state index in [1.807, 2.05) is 5.10 Å². The summed E-state index contributed by atoms with van der Waals surface area (Å²) in [6, 6.07) is 7.42. The molecule has 0 amide bonds. The quantitative estimate of drug-likeness (QED) is 0.727. The van der Waals surface area contributed by atoms with Crippen LogP contribution in [0.25, 0.3) is 16.9 Å². The van der Waals surface area contributed by atoms with Gasteiger partial charge in [0.15, 0.2) is 5.65 Å². The van der Waals surface area contributed by atoms with Crippen LogP contribution >= 0.6 is 15.9 Å². The first-order chi connectivity index (χ1) is 9.86. The van der Waals surface area contributed by atoms with Gasteiger partial charge in [-0.1, -0.05) is 28.1 Å². The summed E-state index contributed by atoms with van der Waals surface area (Å²) < 4.78 is 40.6. The van der Waals surface area contributed by atoms with E-state index in [1.165, 1.54) is 0 Å². The van der Waals surface area contributed by atoms with Crippen molar-refractivity contribution in [3.05, 3.63) is 50.9 Å². The molecule has 1 N–H and O–H groups in total. The molecule has 0 saturated heterocycles. The molecular formula is C12H6BrF3N4O. The van der Waals surface area contributed by atoms with Gasteiger partial charge in [0.25, 0.3) is 0 Å². The lowest BCUT2D eigenvalue weighted by Crippen LogP contribution is -2.16. The van der Waals surface area contributed by atoms with Gasteiger partial charge >= 0.3 is 11.9 Å². The molecule has 0 atom stereocenters. The molecule has 0 aliphatic carbocycles. The van der Waals surface area contributed by atoms with Gasteiger partial charge in [0.1, 0.15) is 5.56 Å². The van der Waals surface area contributed by atoms with Gasteiger partial charge < -0.3 is 0 Å². The zero-order valence-corrected chi connectivity index (χ0v) is 11.7. The Bertz CT molecular complexity index is 867. The summed E-state index contributed by atoms with van der Waals surface area (Å²) in [5, 5.41) is 9.24. The van der Waals surface area contributed by atoms with Gasteiger partial charge in [-0.25, -0.2) is 9.89 Å². The third-order valence-corrected chi connectivity index (χ3v) is 3.35. The zero-order chi connectivity index (χ0) is 15.2. The number of nitrogens with zero attached hydrogens (tertiary/aromatic N) is 3. The topological polar surface area (TPSA) is 63.0 Å². The van der Waals surface area contributed by atoms with E-state index in [4.69, 9.17) is 0 Å². The Hall–Kier alpha value is -2.16. The van der Waals surface area contributed by atoms with Crippen LogP contribution in [0.5, 0.6) is 0 Å². The lowest BCUT2D eigenvalue weighted by Gasteiger charge is -2.09. The Morgan fingerprint density at radius 2 is 1.86 bits per heavy atom. The van der Waals surface area contributed by atoms with Gasteiger partial charge in [0.2, 0.25) is 0 Å². The number of hydrogen-bond acceptors (Lipinski definition) is 3. The minimum atomic E-state index is -4.64. The lowest BCUT2D eigenvalue weighted by atomic mass is 10.1. The number of halogens is 4. The third-order valence-electron chi connectivity index (χ3n) is 2.83. The first-order valence-electron chi connectivity index (χ1n) is 5.68. The number of nitrogens with one attached hydrogen (secondary N) is 1. The second-order valence-corrected chi connectivity index (χ2v) is 5.13. The number of aromatic nitrogens is 4. The maximum atomic E-state index is 13.1. The van der Waals surface area contributed by atoms with Gasteiger partial charge in [-0.05, 0) is 18.2 Å². The molecule has 0 radical (unpaired) electrons. The molecule has 3 rings (SSSR count). The van der Waals surface area contributed by atoms with Crippen LogP contribution in [0.3, 0.4) is 0 Å². The van der Waals surface area contributed by atoms with E-state index in [0.717, 1.165) is 10.5 Å². The normalized spacial score (nSPS) is 12.0. The average molecular weight is 359 g/mol. The predicted molar refractivity (Wildman–Crippen MR) is 71.7 cm³/mol. The van der Waals surface area contributed by atoms with Crippen molar-refractivity contribution in [2.75, 3.05) is 0 Å². The van der Waals surface area contributed by atoms with Crippen molar-refractivity contribution in [1.29, 1.82) is 0 Å². The Morgan fingerprint density at radius 3 is 2.48 bits per heavy atom. The fourth-order valence-electron chi connectivity index (χ4n) is 1.87. The van der Waals surface area contributed by atoms with Crippen molar-refractivity contribution in [3.8, 4) is 11.3 Å². The molecule has 0 aliphatic heterocycles. The average Bonchev–Trinajstić information content (AvgIpc) is 2.79. The second-order valence-electron chi connectivity index (χ2n) is 4.21. The van der Waals surface area contributed by atoms with E-state index in [-0.39, 0.29) is 5.69 Å². The van der Waals surface area contributed by atoms with Gasteiger partial charge in [-0.3, -0.25) is 0 Å². The highest BCUT2D eigenvalue weighted by molar-refractivity contribution is 9.10. The highest BCUT2D eigenvalue weighted by atomic mass is 79.9. The molecule has 0 spiro atoms. The van der Waals surface area contributed by atoms with E-state index in [0.29, 0.717) is 10.1 Å². The van der Waals surface area contributed by atoms with Crippen LogP contribution in [0, 0.1) is 0 Å². The predicted octanol–water partition coefficient (Wildman–Crippen LogP) is 2.87. The van der Waals surface area contributed by atoms with Crippen molar-refractivity contribution in [2.45, 2.75) is 6.18 Å². The fourth-order valence-corrected chi connectivity index (χ4v) is 2.13. The van der Waals surface area contributed by atoms with Crippen molar-refractivity contribution >= 4 is 21.6 Å². The Balaban J connectivity index is 2.32. The summed E-state index contributed by atoms with van der Waals surface area (Å²) >= 11 is 3.24. The minimum absolute atomic E-state index is 0.0332. The maximum absolute atomic E-state index is 13.1. The fraction of sp³-hybridized carbons (Fsp3) is 0.0833. The molecular weight excluding hydrogens is 353 g/mol. The van der Waals surface area contributed by atoms with Crippen molar-refractivity contribution in [2.24, 2.45) is 0 Å². The Morgan fingerprint density at radius 1 is 1.19 bits per heavy atom. The number of H-pyrrole nitrogens is 1. The summed E-state index contributed by atoms with van der Waals surface area (Å²) in [6.07, 6.45) is -4.64. The summed E-state index contributed by atoms with van der Waals surface area (Å²) in [7, 11) is 0. The molecule has 2 aromatic heterocycles. The van der Waals surface area contributed by atoms with Gasteiger partial charge in [0.05, 0.1) is 5.69 Å². The molecule has 0 bridgehead atoms. The SMILES string of the molecule is O=c1[nH]nc2c(C(F)(F)F)cc(-c3ccc(Br)cc3)nn12. The Kier molecular flexibility index (Phi) is 3.08. The molecule has 5 nitrogen and oxygen atoms in total. The summed E-state index contributed by atoms with van der Waals surface area (Å²) in [5.41, 5.74) is -1.90. The zero-order valence-electron chi connectivity index (χ0n) is 10.1. The van der Waals surface area contributed by atoms with Gasteiger partial charge in [-0.2, -0.15) is 27.9 Å². The number of hydrogen-bond donors (Lipinski definition) is 1. The number of benzene rings is 1. The van der Waals surface area contributed by atoms with Crippen molar-refractivity contribution in [1.82, 2.24) is 19.8 Å².